The van der Waals surface area contributed by atoms with Crippen LogP contribution < -0.4 is 5.32 Å². The Bertz CT molecular complexity index is 379. The molecule has 0 bridgehead atoms. The molecule has 4 nitrogen and oxygen atoms in total. The van der Waals surface area contributed by atoms with Gasteiger partial charge in [0.25, 0.3) is 0 Å². The highest BCUT2D eigenvalue weighted by atomic mass is 16.5. The van der Waals surface area contributed by atoms with Crippen molar-refractivity contribution in [2.24, 2.45) is 0 Å². The Morgan fingerprint density at radius 1 is 1.37 bits per heavy atom. The fourth-order valence-electron chi connectivity index (χ4n) is 1.70. The smallest absolute Gasteiger partial charge is 0.130 e. The fourth-order valence-corrected chi connectivity index (χ4v) is 1.70. The van der Waals surface area contributed by atoms with Gasteiger partial charge in [-0.1, -0.05) is 0 Å². The number of hydrogen-bond acceptors (Lipinski definition) is 4. The van der Waals surface area contributed by atoms with E-state index >= 15 is 0 Å². The highest BCUT2D eigenvalue weighted by Crippen LogP contribution is 2.17. The summed E-state index contributed by atoms with van der Waals surface area (Å²) >= 11 is 0. The molecular weight excluding hydrogens is 242 g/mol. The van der Waals surface area contributed by atoms with E-state index in [1.165, 1.54) is 5.56 Å². The first-order valence-corrected chi connectivity index (χ1v) is 6.75. The molecule has 0 fully saturated rings. The van der Waals surface area contributed by atoms with Gasteiger partial charge in [-0.25, -0.2) is 0 Å². The predicted octanol–water partition coefficient (Wildman–Crippen LogP) is 3.03. The van der Waals surface area contributed by atoms with Gasteiger partial charge >= 0.3 is 0 Å². The quantitative estimate of drug-likeness (QED) is 0.826. The third kappa shape index (κ3) is 6.23. The van der Waals surface area contributed by atoms with Crippen molar-refractivity contribution in [1.82, 2.24) is 5.32 Å². The molecule has 1 atom stereocenters. The summed E-state index contributed by atoms with van der Waals surface area (Å²) in [6.07, 6.45) is 0.0755. The Balaban J connectivity index is 2.49. The van der Waals surface area contributed by atoms with Crippen molar-refractivity contribution >= 4 is 0 Å². The van der Waals surface area contributed by atoms with E-state index in [2.05, 4.69) is 32.2 Å². The molecule has 1 rings (SSSR count). The molecular formula is C15H27NO3. The van der Waals surface area contributed by atoms with Crippen LogP contribution in [0.2, 0.25) is 0 Å². The van der Waals surface area contributed by atoms with Crippen LogP contribution in [-0.2, 0) is 22.6 Å². The summed E-state index contributed by atoms with van der Waals surface area (Å²) in [7, 11) is 1.67. The number of hydrogen-bond donors (Lipinski definition) is 1. The number of rotatable bonds is 7. The Morgan fingerprint density at radius 3 is 2.63 bits per heavy atom. The lowest BCUT2D eigenvalue weighted by atomic mass is 10.1. The van der Waals surface area contributed by atoms with Gasteiger partial charge in [-0.05, 0) is 40.7 Å². The van der Waals surface area contributed by atoms with E-state index in [9.17, 15) is 0 Å². The zero-order valence-electron chi connectivity index (χ0n) is 13.0. The van der Waals surface area contributed by atoms with Gasteiger partial charge in [0.2, 0.25) is 0 Å². The second-order valence-electron chi connectivity index (χ2n) is 5.97. The molecule has 1 unspecified atom stereocenters. The van der Waals surface area contributed by atoms with Gasteiger partial charge in [0, 0.05) is 24.8 Å². The van der Waals surface area contributed by atoms with Gasteiger partial charge in [0.05, 0.1) is 12.7 Å². The lowest BCUT2D eigenvalue weighted by Crippen LogP contribution is -2.35. The molecule has 110 valence electrons. The SMILES string of the molecule is COCC(C)OCc1cc(CNC(C)(C)C)c(C)o1. The molecule has 1 heterocycles. The molecule has 0 aliphatic carbocycles. The predicted molar refractivity (Wildman–Crippen MR) is 76.2 cm³/mol. The minimum atomic E-state index is 0.0755. The standard InChI is InChI=1S/C15H27NO3/c1-11(9-17-6)18-10-14-7-13(12(2)19-14)8-16-15(3,4)5/h7,11,16H,8-10H2,1-6H3. The third-order valence-electron chi connectivity index (χ3n) is 2.79. The maximum atomic E-state index is 5.70. The van der Waals surface area contributed by atoms with Crippen LogP contribution >= 0.6 is 0 Å². The van der Waals surface area contributed by atoms with Crippen LogP contribution in [0.15, 0.2) is 10.5 Å². The van der Waals surface area contributed by atoms with E-state index in [0.29, 0.717) is 13.2 Å². The van der Waals surface area contributed by atoms with Crippen LogP contribution in [0.4, 0.5) is 0 Å². The van der Waals surface area contributed by atoms with E-state index in [0.717, 1.165) is 18.1 Å². The largest absolute Gasteiger partial charge is 0.464 e. The molecule has 0 aliphatic rings. The summed E-state index contributed by atoms with van der Waals surface area (Å²) in [6.45, 7) is 12.3. The number of ether oxygens (including phenoxy) is 2. The molecule has 19 heavy (non-hydrogen) atoms. The van der Waals surface area contributed by atoms with Gasteiger partial charge in [-0.3, -0.25) is 0 Å². The summed E-state index contributed by atoms with van der Waals surface area (Å²) in [6, 6.07) is 2.06. The Labute approximate surface area is 116 Å². The van der Waals surface area contributed by atoms with Gasteiger partial charge in [-0.15, -0.1) is 0 Å². The molecule has 0 spiro atoms. The van der Waals surface area contributed by atoms with Crippen LogP contribution in [0, 0.1) is 6.92 Å². The summed E-state index contributed by atoms with van der Waals surface area (Å²) in [5, 5.41) is 3.46. The van der Waals surface area contributed by atoms with E-state index in [-0.39, 0.29) is 11.6 Å². The van der Waals surface area contributed by atoms with Gasteiger partial charge in [0.15, 0.2) is 0 Å². The Kier molecular flexibility index (Phi) is 6.04. The molecule has 1 N–H and O–H groups in total. The van der Waals surface area contributed by atoms with Crippen molar-refractivity contribution in [3.05, 3.63) is 23.2 Å². The van der Waals surface area contributed by atoms with Crippen molar-refractivity contribution < 1.29 is 13.9 Å². The molecule has 0 aromatic carbocycles. The number of aryl methyl sites for hydroxylation is 1. The van der Waals surface area contributed by atoms with Gasteiger partial charge in [-0.2, -0.15) is 0 Å². The second kappa shape index (κ2) is 7.08. The lowest BCUT2D eigenvalue weighted by Gasteiger charge is -2.20. The molecule has 1 aromatic heterocycles. The first-order chi connectivity index (χ1) is 8.81. The highest BCUT2D eigenvalue weighted by molar-refractivity contribution is 5.20. The molecule has 0 radical (unpaired) electrons. The summed E-state index contributed by atoms with van der Waals surface area (Å²) in [5.41, 5.74) is 1.29. The molecule has 0 amide bonds. The van der Waals surface area contributed by atoms with E-state index in [1.54, 1.807) is 7.11 Å². The average Bonchev–Trinajstić information content (AvgIpc) is 2.64. The fraction of sp³-hybridized carbons (Fsp3) is 0.733. The van der Waals surface area contributed by atoms with Crippen molar-refractivity contribution in [1.29, 1.82) is 0 Å². The van der Waals surface area contributed by atoms with Crippen LogP contribution in [-0.4, -0.2) is 25.4 Å². The molecule has 0 saturated heterocycles. The van der Waals surface area contributed by atoms with E-state index in [1.807, 2.05) is 13.8 Å². The highest BCUT2D eigenvalue weighted by Gasteiger charge is 2.13. The molecule has 0 aliphatic heterocycles. The molecule has 1 aromatic rings. The van der Waals surface area contributed by atoms with Crippen LogP contribution in [0.1, 0.15) is 44.8 Å². The van der Waals surface area contributed by atoms with Gasteiger partial charge in [0.1, 0.15) is 18.1 Å². The first-order valence-electron chi connectivity index (χ1n) is 6.75. The zero-order valence-corrected chi connectivity index (χ0v) is 13.0. The number of furan rings is 1. The number of methoxy groups -OCH3 is 1. The minimum absolute atomic E-state index is 0.0755. The Hall–Kier alpha value is -0.840. The van der Waals surface area contributed by atoms with Gasteiger partial charge < -0.3 is 19.2 Å². The topological polar surface area (TPSA) is 43.6 Å². The maximum Gasteiger partial charge on any atom is 0.130 e. The zero-order chi connectivity index (χ0) is 14.5. The summed E-state index contributed by atoms with van der Waals surface area (Å²) in [4.78, 5) is 0. The minimum Gasteiger partial charge on any atom is -0.464 e. The van der Waals surface area contributed by atoms with E-state index < -0.39 is 0 Å². The van der Waals surface area contributed by atoms with Crippen LogP contribution in [0.25, 0.3) is 0 Å². The lowest BCUT2D eigenvalue weighted by molar-refractivity contribution is -0.00654. The first kappa shape index (κ1) is 16.2. The Morgan fingerprint density at radius 2 is 2.05 bits per heavy atom. The molecule has 0 saturated carbocycles. The monoisotopic (exact) mass is 269 g/mol. The van der Waals surface area contributed by atoms with Crippen LogP contribution in [0.5, 0.6) is 0 Å². The second-order valence-corrected chi connectivity index (χ2v) is 5.97. The van der Waals surface area contributed by atoms with Crippen LogP contribution in [0.3, 0.4) is 0 Å². The van der Waals surface area contributed by atoms with Crippen molar-refractivity contribution in [3.8, 4) is 0 Å². The van der Waals surface area contributed by atoms with Crippen molar-refractivity contribution in [2.75, 3.05) is 13.7 Å². The number of nitrogens with one attached hydrogen (secondary N) is 1. The van der Waals surface area contributed by atoms with Crippen molar-refractivity contribution in [3.63, 3.8) is 0 Å². The van der Waals surface area contributed by atoms with E-state index in [4.69, 9.17) is 13.9 Å². The summed E-state index contributed by atoms with van der Waals surface area (Å²) in [5.74, 6) is 1.82. The van der Waals surface area contributed by atoms with Crippen molar-refractivity contribution in [2.45, 2.75) is 59.4 Å². The summed E-state index contributed by atoms with van der Waals surface area (Å²) < 4.78 is 16.4. The average molecular weight is 269 g/mol. The maximum absolute atomic E-state index is 5.70. The normalized spacial score (nSPS) is 13.8. The third-order valence-corrected chi connectivity index (χ3v) is 2.79. The molecule has 4 heteroatoms.